The number of carbonyl (C=O) groups excluding carboxylic acids is 1. The van der Waals surface area contributed by atoms with Crippen LogP contribution in [0.3, 0.4) is 0 Å². The van der Waals surface area contributed by atoms with Gasteiger partial charge in [-0.3, -0.25) is 4.79 Å². The van der Waals surface area contributed by atoms with Crippen molar-refractivity contribution >= 4 is 5.91 Å². The second-order valence-electron chi connectivity index (χ2n) is 5.62. The van der Waals surface area contributed by atoms with Gasteiger partial charge in [0.1, 0.15) is 12.7 Å². The van der Waals surface area contributed by atoms with Crippen molar-refractivity contribution in [3.8, 4) is 0 Å². The Bertz CT molecular complexity index is 600. The second-order valence-corrected chi connectivity index (χ2v) is 5.62. The molecule has 2 heterocycles. The molecule has 1 aliphatic heterocycles. The lowest BCUT2D eigenvalue weighted by atomic mass is 10.0. The third-order valence-electron chi connectivity index (χ3n) is 4.28. The molecule has 5 nitrogen and oxygen atoms in total. The summed E-state index contributed by atoms with van der Waals surface area (Å²) in [4.78, 5) is 14.4. The van der Waals surface area contributed by atoms with Crippen LogP contribution >= 0.6 is 0 Å². The molecule has 0 N–H and O–H groups in total. The minimum atomic E-state index is 0.228. The summed E-state index contributed by atoms with van der Waals surface area (Å²) < 4.78 is 2.04. The van der Waals surface area contributed by atoms with Crippen LogP contribution in [0, 0.1) is 6.92 Å². The van der Waals surface area contributed by atoms with Gasteiger partial charge in [-0.1, -0.05) is 24.3 Å². The Kier molecular flexibility index (Phi) is 3.99. The van der Waals surface area contributed by atoms with Crippen molar-refractivity contribution in [3.63, 3.8) is 0 Å². The summed E-state index contributed by atoms with van der Waals surface area (Å²) in [5.41, 5.74) is 2.31. The zero-order chi connectivity index (χ0) is 14.7. The first kappa shape index (κ1) is 13.8. The van der Waals surface area contributed by atoms with Gasteiger partial charge in [-0.15, -0.1) is 10.2 Å². The fraction of sp³-hybridized carbons (Fsp3) is 0.438. The summed E-state index contributed by atoms with van der Waals surface area (Å²) in [7, 11) is 0. The molecule has 0 unspecified atom stereocenters. The summed E-state index contributed by atoms with van der Waals surface area (Å²) in [5.74, 6) is 0.228. The maximum absolute atomic E-state index is 12.4. The van der Waals surface area contributed by atoms with Crippen LogP contribution in [0.4, 0.5) is 0 Å². The van der Waals surface area contributed by atoms with Crippen LogP contribution in [-0.4, -0.2) is 38.7 Å². The molecular formula is C16H20N4O. The molecule has 1 aromatic carbocycles. The van der Waals surface area contributed by atoms with Gasteiger partial charge in [0, 0.05) is 19.1 Å². The van der Waals surface area contributed by atoms with Crippen molar-refractivity contribution in [2.75, 3.05) is 13.1 Å². The van der Waals surface area contributed by atoms with E-state index in [0.29, 0.717) is 12.5 Å². The highest BCUT2D eigenvalue weighted by Crippen LogP contribution is 2.22. The number of hydrogen-bond acceptors (Lipinski definition) is 3. The molecule has 1 amide bonds. The molecule has 1 aromatic heterocycles. The third-order valence-corrected chi connectivity index (χ3v) is 4.28. The van der Waals surface area contributed by atoms with E-state index in [4.69, 9.17) is 0 Å². The third kappa shape index (κ3) is 3.12. The summed E-state index contributed by atoms with van der Waals surface area (Å²) in [5, 5.41) is 7.70. The molecule has 0 saturated carbocycles. The Morgan fingerprint density at radius 2 is 1.86 bits per heavy atom. The highest BCUT2D eigenvalue weighted by atomic mass is 16.2. The number of aryl methyl sites for hydroxylation is 1. The van der Waals surface area contributed by atoms with Crippen molar-refractivity contribution in [3.05, 3.63) is 48.0 Å². The number of amides is 1. The quantitative estimate of drug-likeness (QED) is 0.866. The lowest BCUT2D eigenvalue weighted by molar-refractivity contribution is -0.131. The van der Waals surface area contributed by atoms with E-state index in [2.05, 4.69) is 23.2 Å². The Balaban J connectivity index is 1.57. The van der Waals surface area contributed by atoms with Crippen molar-refractivity contribution in [2.24, 2.45) is 0 Å². The van der Waals surface area contributed by atoms with Crippen LogP contribution in [-0.2, 0) is 11.2 Å². The van der Waals surface area contributed by atoms with Crippen LogP contribution in [0.25, 0.3) is 0 Å². The molecule has 1 saturated heterocycles. The van der Waals surface area contributed by atoms with E-state index in [1.54, 1.807) is 12.7 Å². The van der Waals surface area contributed by atoms with Gasteiger partial charge in [0.05, 0.1) is 6.42 Å². The van der Waals surface area contributed by atoms with Gasteiger partial charge >= 0.3 is 0 Å². The van der Waals surface area contributed by atoms with Crippen LogP contribution in [0.1, 0.15) is 30.0 Å². The van der Waals surface area contributed by atoms with Gasteiger partial charge in [-0.25, -0.2) is 0 Å². The number of rotatable bonds is 3. The Morgan fingerprint density at radius 1 is 1.19 bits per heavy atom. The summed E-state index contributed by atoms with van der Waals surface area (Å²) in [6.45, 7) is 3.68. The minimum Gasteiger partial charge on any atom is -0.342 e. The molecule has 3 rings (SSSR count). The van der Waals surface area contributed by atoms with E-state index in [0.717, 1.165) is 31.5 Å². The van der Waals surface area contributed by atoms with E-state index >= 15 is 0 Å². The predicted octanol–water partition coefficient (Wildman–Crippen LogP) is 1.99. The lowest BCUT2D eigenvalue weighted by Crippen LogP contribution is -2.39. The normalized spacial score (nSPS) is 16.1. The SMILES string of the molecule is Cc1ccccc1CC(=O)N1CCC(n2cnnc2)CC1. The van der Waals surface area contributed by atoms with Gasteiger partial charge in [0.25, 0.3) is 0 Å². The molecule has 0 spiro atoms. The molecule has 0 radical (unpaired) electrons. The summed E-state index contributed by atoms with van der Waals surface area (Å²) in [6.07, 6.45) is 5.96. The molecule has 1 fully saturated rings. The fourth-order valence-electron chi connectivity index (χ4n) is 2.89. The van der Waals surface area contributed by atoms with Crippen LogP contribution in [0.2, 0.25) is 0 Å². The first-order valence-electron chi connectivity index (χ1n) is 7.40. The van der Waals surface area contributed by atoms with E-state index in [1.807, 2.05) is 27.7 Å². The van der Waals surface area contributed by atoms with Crippen molar-refractivity contribution < 1.29 is 4.79 Å². The highest BCUT2D eigenvalue weighted by Gasteiger charge is 2.23. The van der Waals surface area contributed by atoms with Crippen LogP contribution < -0.4 is 0 Å². The molecule has 5 heteroatoms. The van der Waals surface area contributed by atoms with Gasteiger partial charge in [-0.2, -0.15) is 0 Å². The van der Waals surface area contributed by atoms with Crippen molar-refractivity contribution in [1.29, 1.82) is 0 Å². The molecule has 21 heavy (non-hydrogen) atoms. The van der Waals surface area contributed by atoms with Crippen molar-refractivity contribution in [1.82, 2.24) is 19.7 Å². The highest BCUT2D eigenvalue weighted by molar-refractivity contribution is 5.79. The minimum absolute atomic E-state index is 0.228. The zero-order valence-electron chi connectivity index (χ0n) is 12.3. The lowest BCUT2D eigenvalue weighted by Gasteiger charge is -2.32. The monoisotopic (exact) mass is 284 g/mol. The topological polar surface area (TPSA) is 51.0 Å². The van der Waals surface area contributed by atoms with E-state index < -0.39 is 0 Å². The summed E-state index contributed by atoms with van der Waals surface area (Å²) in [6, 6.07) is 8.52. The second kappa shape index (κ2) is 6.08. The van der Waals surface area contributed by atoms with E-state index in [1.165, 1.54) is 5.56 Å². The standard InChI is InChI=1S/C16H20N4O/c1-13-4-2-3-5-14(13)10-16(21)19-8-6-15(7-9-19)20-11-17-18-12-20/h2-5,11-12,15H,6-10H2,1H3. The number of nitrogens with zero attached hydrogens (tertiary/aromatic N) is 4. The Labute approximate surface area is 124 Å². The van der Waals surface area contributed by atoms with Gasteiger partial charge in [-0.05, 0) is 30.9 Å². The number of likely N-dealkylation sites (tertiary alicyclic amines) is 1. The molecule has 1 aliphatic rings. The first-order valence-corrected chi connectivity index (χ1v) is 7.40. The van der Waals surface area contributed by atoms with Gasteiger partial charge in [0.2, 0.25) is 5.91 Å². The molecule has 110 valence electrons. The maximum atomic E-state index is 12.4. The van der Waals surface area contributed by atoms with Crippen LogP contribution in [0.5, 0.6) is 0 Å². The number of benzene rings is 1. The zero-order valence-corrected chi connectivity index (χ0v) is 12.3. The predicted molar refractivity (Wildman–Crippen MR) is 79.8 cm³/mol. The van der Waals surface area contributed by atoms with Crippen LogP contribution in [0.15, 0.2) is 36.9 Å². The Hall–Kier alpha value is -2.17. The largest absolute Gasteiger partial charge is 0.342 e. The molecule has 0 aliphatic carbocycles. The fourth-order valence-corrected chi connectivity index (χ4v) is 2.89. The van der Waals surface area contributed by atoms with Gasteiger partial charge < -0.3 is 9.47 Å². The Morgan fingerprint density at radius 3 is 2.52 bits per heavy atom. The van der Waals surface area contributed by atoms with E-state index in [9.17, 15) is 4.79 Å². The van der Waals surface area contributed by atoms with Gasteiger partial charge in [0.15, 0.2) is 0 Å². The van der Waals surface area contributed by atoms with E-state index in [-0.39, 0.29) is 5.91 Å². The molecule has 0 bridgehead atoms. The maximum Gasteiger partial charge on any atom is 0.227 e. The number of hydrogen-bond donors (Lipinski definition) is 0. The first-order chi connectivity index (χ1) is 10.2. The molecule has 0 atom stereocenters. The van der Waals surface area contributed by atoms with Crippen molar-refractivity contribution in [2.45, 2.75) is 32.2 Å². The number of carbonyl (C=O) groups is 1. The summed E-state index contributed by atoms with van der Waals surface area (Å²) >= 11 is 0. The number of piperidine rings is 1. The molecular weight excluding hydrogens is 264 g/mol. The smallest absolute Gasteiger partial charge is 0.227 e. The average molecular weight is 284 g/mol. The number of aromatic nitrogens is 3. The average Bonchev–Trinajstić information content (AvgIpc) is 3.04. The molecule has 2 aromatic rings.